The minimum Gasteiger partial charge on any atom is -0.440 e. The van der Waals surface area contributed by atoms with Crippen LogP contribution in [0.4, 0.5) is 0 Å². The minimum atomic E-state index is -1.15. The van der Waals surface area contributed by atoms with E-state index in [0.717, 1.165) is 5.75 Å². The highest BCUT2D eigenvalue weighted by molar-refractivity contribution is 7.49. The molecule has 0 aliphatic carbocycles. The summed E-state index contributed by atoms with van der Waals surface area (Å²) in [4.78, 5) is 12.5. The van der Waals surface area contributed by atoms with Crippen molar-refractivity contribution in [2.75, 3.05) is 6.54 Å². The highest BCUT2D eigenvalue weighted by atomic mass is 31.2. The molecule has 0 bridgehead atoms. The van der Waals surface area contributed by atoms with Crippen LogP contribution in [0.25, 0.3) is 0 Å². The second-order valence-electron chi connectivity index (χ2n) is 7.26. The summed E-state index contributed by atoms with van der Waals surface area (Å²) in [6.07, 6.45) is 0. The predicted molar refractivity (Wildman–Crippen MR) is 87.0 cm³/mol. The van der Waals surface area contributed by atoms with Gasteiger partial charge in [-0.1, -0.05) is 18.2 Å². The van der Waals surface area contributed by atoms with Gasteiger partial charge in [-0.2, -0.15) is 0 Å². The Morgan fingerprint density at radius 3 is 2.05 bits per heavy atom. The zero-order chi connectivity index (χ0) is 15.8. The van der Waals surface area contributed by atoms with Gasteiger partial charge >= 0.3 is 0 Å². The third-order valence-electron chi connectivity index (χ3n) is 3.24. The van der Waals surface area contributed by atoms with Crippen LogP contribution in [-0.2, 0) is 4.79 Å². The second-order valence-corrected chi connectivity index (χ2v) is 8.83. The van der Waals surface area contributed by atoms with E-state index in [4.69, 9.17) is 4.52 Å². The number of benzene rings is 1. The Morgan fingerprint density at radius 1 is 1.00 bits per heavy atom. The lowest BCUT2D eigenvalue weighted by Crippen LogP contribution is -2.40. The SMILES string of the molecule is CC(C)(C)N1CC(=O)N(C(C)(C)C)P1Oc1ccccc1. The molecule has 0 aromatic heterocycles. The van der Waals surface area contributed by atoms with Crippen molar-refractivity contribution in [3.63, 3.8) is 0 Å². The molecular formula is C16H25N2O2P. The number of amides is 1. The average molecular weight is 308 g/mol. The van der Waals surface area contributed by atoms with Crippen molar-refractivity contribution < 1.29 is 9.32 Å². The van der Waals surface area contributed by atoms with Gasteiger partial charge in [-0.3, -0.25) is 9.46 Å². The van der Waals surface area contributed by atoms with E-state index < -0.39 is 8.45 Å². The topological polar surface area (TPSA) is 32.8 Å². The first-order valence-corrected chi connectivity index (χ1v) is 8.41. The monoisotopic (exact) mass is 308 g/mol. The van der Waals surface area contributed by atoms with Crippen molar-refractivity contribution in [3.8, 4) is 5.75 Å². The zero-order valence-electron chi connectivity index (χ0n) is 13.8. The fourth-order valence-corrected chi connectivity index (χ4v) is 4.48. The molecule has 4 nitrogen and oxygen atoms in total. The second kappa shape index (κ2) is 5.58. The first-order chi connectivity index (χ1) is 9.60. The number of nitrogens with zero attached hydrogens (tertiary/aromatic N) is 2. The van der Waals surface area contributed by atoms with Gasteiger partial charge in [0.2, 0.25) is 5.91 Å². The molecular weight excluding hydrogens is 283 g/mol. The van der Waals surface area contributed by atoms with Gasteiger partial charge in [-0.15, -0.1) is 0 Å². The Hall–Kier alpha value is -1.12. The Bertz CT molecular complexity index is 505. The fourth-order valence-electron chi connectivity index (χ4n) is 2.25. The lowest BCUT2D eigenvalue weighted by atomic mass is 10.1. The number of hydrogen-bond donors (Lipinski definition) is 0. The Kier molecular flexibility index (Phi) is 4.32. The van der Waals surface area contributed by atoms with Crippen molar-refractivity contribution in [2.24, 2.45) is 0 Å². The molecule has 1 amide bonds. The Morgan fingerprint density at radius 2 is 1.57 bits per heavy atom. The molecule has 0 radical (unpaired) electrons. The average Bonchev–Trinajstić information content (AvgIpc) is 2.67. The molecule has 116 valence electrons. The summed E-state index contributed by atoms with van der Waals surface area (Å²) in [5, 5.41) is 0. The van der Waals surface area contributed by atoms with Crippen LogP contribution in [-0.4, -0.2) is 32.9 Å². The van der Waals surface area contributed by atoms with E-state index in [1.807, 2.05) is 35.0 Å². The lowest BCUT2D eigenvalue weighted by Gasteiger charge is -2.40. The highest BCUT2D eigenvalue weighted by Gasteiger charge is 2.50. The molecule has 1 fully saturated rings. The van der Waals surface area contributed by atoms with Crippen molar-refractivity contribution in [1.29, 1.82) is 0 Å². The molecule has 21 heavy (non-hydrogen) atoms. The summed E-state index contributed by atoms with van der Waals surface area (Å²) >= 11 is 0. The molecule has 1 aliphatic heterocycles. The fraction of sp³-hybridized carbons (Fsp3) is 0.562. The van der Waals surface area contributed by atoms with Gasteiger partial charge in [-0.05, 0) is 53.7 Å². The maximum atomic E-state index is 12.5. The first-order valence-electron chi connectivity index (χ1n) is 7.24. The van der Waals surface area contributed by atoms with Crippen molar-refractivity contribution in [1.82, 2.24) is 9.34 Å². The van der Waals surface area contributed by atoms with E-state index in [9.17, 15) is 4.79 Å². The van der Waals surface area contributed by atoms with Gasteiger partial charge in [0.1, 0.15) is 5.75 Å². The van der Waals surface area contributed by atoms with E-state index in [1.54, 1.807) is 0 Å². The third-order valence-corrected chi connectivity index (χ3v) is 5.93. The van der Waals surface area contributed by atoms with Crippen LogP contribution in [0.2, 0.25) is 0 Å². The Labute approximate surface area is 129 Å². The van der Waals surface area contributed by atoms with E-state index in [1.165, 1.54) is 0 Å². The maximum Gasteiger partial charge on any atom is 0.282 e. The van der Waals surface area contributed by atoms with E-state index in [-0.39, 0.29) is 17.0 Å². The van der Waals surface area contributed by atoms with E-state index in [2.05, 4.69) is 46.2 Å². The molecule has 1 aromatic carbocycles. The molecule has 1 heterocycles. The highest BCUT2D eigenvalue weighted by Crippen LogP contribution is 2.56. The normalized spacial score (nSPS) is 21.0. The molecule has 1 atom stereocenters. The van der Waals surface area contributed by atoms with Crippen molar-refractivity contribution in [2.45, 2.75) is 52.6 Å². The van der Waals surface area contributed by atoms with Crippen LogP contribution in [0, 0.1) is 0 Å². The van der Waals surface area contributed by atoms with Gasteiger partial charge in [-0.25, -0.2) is 4.67 Å². The van der Waals surface area contributed by atoms with Crippen LogP contribution in [0.15, 0.2) is 30.3 Å². The summed E-state index contributed by atoms with van der Waals surface area (Å²) in [6, 6.07) is 9.74. The summed E-state index contributed by atoms with van der Waals surface area (Å²) in [7, 11) is -1.15. The largest absolute Gasteiger partial charge is 0.440 e. The van der Waals surface area contributed by atoms with Gasteiger partial charge in [0, 0.05) is 11.1 Å². The van der Waals surface area contributed by atoms with Crippen molar-refractivity contribution in [3.05, 3.63) is 30.3 Å². The molecule has 0 saturated carbocycles. The summed E-state index contributed by atoms with van der Waals surface area (Å²) in [6.45, 7) is 12.9. The molecule has 0 N–H and O–H groups in total. The number of carbonyl (C=O) groups excluding carboxylic acids is 1. The molecule has 1 aliphatic rings. The quantitative estimate of drug-likeness (QED) is 0.773. The molecule has 1 saturated heterocycles. The van der Waals surface area contributed by atoms with E-state index >= 15 is 0 Å². The number of rotatable bonds is 2. The van der Waals surface area contributed by atoms with Gasteiger partial charge in [0.25, 0.3) is 8.45 Å². The molecule has 1 unspecified atom stereocenters. The zero-order valence-corrected chi connectivity index (χ0v) is 14.6. The summed E-state index contributed by atoms with van der Waals surface area (Å²) < 4.78 is 10.3. The van der Waals surface area contributed by atoms with Crippen LogP contribution in [0.1, 0.15) is 41.5 Å². The summed E-state index contributed by atoms with van der Waals surface area (Å²) in [5.74, 6) is 0.946. The standard InChI is InChI=1S/C16H25N2O2P/c1-15(2,3)17-12-14(19)18(16(4,5)6)21(17)20-13-10-8-7-9-11-13/h7-11H,12H2,1-6H3. The van der Waals surface area contributed by atoms with Crippen molar-refractivity contribution >= 4 is 14.4 Å². The minimum absolute atomic E-state index is 0.115. The third kappa shape index (κ3) is 3.56. The number of hydrogen-bond acceptors (Lipinski definition) is 3. The lowest BCUT2D eigenvalue weighted by molar-refractivity contribution is -0.127. The number of para-hydroxylation sites is 1. The van der Waals surface area contributed by atoms with Crippen LogP contribution < -0.4 is 4.52 Å². The smallest absolute Gasteiger partial charge is 0.282 e. The molecule has 1 aromatic rings. The molecule has 2 rings (SSSR count). The Balaban J connectivity index is 2.35. The first kappa shape index (κ1) is 16.3. The predicted octanol–water partition coefficient (Wildman–Crippen LogP) is 4.03. The van der Waals surface area contributed by atoms with Gasteiger partial charge in [0.05, 0.1) is 6.54 Å². The summed E-state index contributed by atoms with van der Waals surface area (Å²) in [5.41, 5.74) is -0.367. The molecule has 5 heteroatoms. The van der Waals surface area contributed by atoms with E-state index in [0.29, 0.717) is 6.54 Å². The van der Waals surface area contributed by atoms with Gasteiger partial charge < -0.3 is 4.52 Å². The molecule has 0 spiro atoms. The van der Waals surface area contributed by atoms with Gasteiger partial charge in [0.15, 0.2) is 0 Å². The van der Waals surface area contributed by atoms with Crippen LogP contribution in [0.5, 0.6) is 5.75 Å². The van der Waals surface area contributed by atoms with Crippen LogP contribution in [0.3, 0.4) is 0 Å². The number of carbonyl (C=O) groups is 1. The maximum absolute atomic E-state index is 12.5. The van der Waals surface area contributed by atoms with Crippen LogP contribution >= 0.6 is 8.45 Å².